The number of nitriles is 1. The van der Waals surface area contributed by atoms with E-state index in [1.54, 1.807) is 24.7 Å². The second-order valence-corrected chi connectivity index (χ2v) is 11.6. The lowest BCUT2D eigenvalue weighted by molar-refractivity contribution is -0.176. The van der Waals surface area contributed by atoms with Gasteiger partial charge in [-0.1, -0.05) is 34.6 Å². The summed E-state index contributed by atoms with van der Waals surface area (Å²) in [5, 5.41) is 15.8. The van der Waals surface area contributed by atoms with Gasteiger partial charge in [-0.05, 0) is 28.7 Å². The Morgan fingerprint density at radius 1 is 1.13 bits per heavy atom. The molecule has 202 valence electrons. The number of nitrogens with zero attached hydrogens (tertiary/aromatic N) is 4. The van der Waals surface area contributed by atoms with Gasteiger partial charge in [0.25, 0.3) is 0 Å². The lowest BCUT2D eigenvalue weighted by Gasteiger charge is -2.37. The molecule has 2 N–H and O–H groups in total. The van der Waals surface area contributed by atoms with Crippen LogP contribution in [0.2, 0.25) is 0 Å². The maximum absolute atomic E-state index is 13.7. The minimum Gasteiger partial charge on any atom is -0.336 e. The first-order chi connectivity index (χ1) is 17.6. The first kappa shape index (κ1) is 27.3. The number of likely N-dealkylation sites (tertiary alicyclic amines) is 1. The van der Waals surface area contributed by atoms with Crippen molar-refractivity contribution in [2.45, 2.75) is 58.9 Å². The van der Waals surface area contributed by atoms with E-state index in [2.05, 4.69) is 21.4 Å². The highest BCUT2D eigenvalue weighted by Gasteiger charge is 2.70. The molecule has 0 aromatic carbocycles. The fourth-order valence-corrected chi connectivity index (χ4v) is 5.50. The Balaban J connectivity index is 1.63. The summed E-state index contributed by atoms with van der Waals surface area (Å²) in [6.07, 6.45) is 1.03. The van der Waals surface area contributed by atoms with E-state index in [0.717, 1.165) is 5.39 Å². The highest BCUT2D eigenvalue weighted by Crippen LogP contribution is 2.65. The van der Waals surface area contributed by atoms with Crippen LogP contribution in [0.3, 0.4) is 0 Å². The van der Waals surface area contributed by atoms with Crippen molar-refractivity contribution in [2.24, 2.45) is 22.7 Å². The first-order valence-electron chi connectivity index (χ1n) is 12.1. The molecule has 5 unspecified atom stereocenters. The van der Waals surface area contributed by atoms with Gasteiger partial charge in [0.2, 0.25) is 11.8 Å². The van der Waals surface area contributed by atoms with Crippen LogP contribution in [0.1, 0.15) is 46.2 Å². The Morgan fingerprint density at radius 2 is 1.82 bits per heavy atom. The predicted molar refractivity (Wildman–Crippen MR) is 130 cm³/mol. The fourth-order valence-electron chi connectivity index (χ4n) is 5.50. The summed E-state index contributed by atoms with van der Waals surface area (Å²) < 4.78 is 39.1. The van der Waals surface area contributed by atoms with E-state index >= 15 is 0 Å². The highest BCUT2D eigenvalue weighted by atomic mass is 19.4. The van der Waals surface area contributed by atoms with Crippen molar-refractivity contribution in [3.8, 4) is 6.07 Å². The largest absolute Gasteiger partial charge is 0.471 e. The van der Waals surface area contributed by atoms with E-state index in [0.29, 0.717) is 10.9 Å². The number of carbonyl (C=O) groups excluding carboxylic acids is 3. The van der Waals surface area contributed by atoms with Crippen molar-refractivity contribution < 1.29 is 27.6 Å². The third-order valence-electron chi connectivity index (χ3n) is 7.73. The van der Waals surface area contributed by atoms with Crippen LogP contribution in [0.25, 0.3) is 10.8 Å². The minimum absolute atomic E-state index is 0.0508. The summed E-state index contributed by atoms with van der Waals surface area (Å²) in [6, 6.07) is 0.134. The maximum Gasteiger partial charge on any atom is 0.471 e. The lowest BCUT2D eigenvalue weighted by atomic mass is 9.85. The van der Waals surface area contributed by atoms with Gasteiger partial charge in [0.15, 0.2) is 0 Å². The number of carbonyl (C=O) groups is 3. The van der Waals surface area contributed by atoms with E-state index < -0.39 is 47.4 Å². The SMILES string of the molecule is CC(C)(C)C(NC(=O)C(F)(F)F)C(=O)N1CC2C(C1C(=O)NC(C#N)c1cncc3ccncc13)C2(C)C. The Bertz CT molecular complexity index is 1320. The number of hydrogen-bond donors (Lipinski definition) is 2. The molecule has 0 spiro atoms. The number of alkyl halides is 3. The van der Waals surface area contributed by atoms with Crippen LogP contribution in [-0.4, -0.2) is 57.4 Å². The van der Waals surface area contributed by atoms with Crippen molar-refractivity contribution in [3.63, 3.8) is 0 Å². The molecule has 1 saturated carbocycles. The normalized spacial score (nSPS) is 23.7. The van der Waals surface area contributed by atoms with Gasteiger partial charge in [0, 0.05) is 47.7 Å². The molecule has 3 amide bonds. The number of hydrogen-bond acceptors (Lipinski definition) is 6. The highest BCUT2D eigenvalue weighted by molar-refractivity contribution is 5.95. The molecule has 38 heavy (non-hydrogen) atoms. The van der Waals surface area contributed by atoms with Crippen molar-refractivity contribution in [1.82, 2.24) is 25.5 Å². The van der Waals surface area contributed by atoms with E-state index in [1.807, 2.05) is 19.2 Å². The summed E-state index contributed by atoms with van der Waals surface area (Å²) in [7, 11) is 0. The van der Waals surface area contributed by atoms with Crippen LogP contribution in [0.4, 0.5) is 13.2 Å². The second kappa shape index (κ2) is 9.22. The summed E-state index contributed by atoms with van der Waals surface area (Å²) in [4.78, 5) is 48.5. The number of piperidine rings is 1. The molecule has 2 aromatic rings. The Kier molecular flexibility index (Phi) is 6.62. The summed E-state index contributed by atoms with van der Waals surface area (Å²) in [5.74, 6) is -3.90. The number of aromatic nitrogens is 2. The number of nitrogens with one attached hydrogen (secondary N) is 2. The van der Waals surface area contributed by atoms with E-state index in [4.69, 9.17) is 0 Å². The van der Waals surface area contributed by atoms with Crippen LogP contribution in [0, 0.1) is 34.0 Å². The monoisotopic (exact) mass is 530 g/mol. The molecule has 12 heteroatoms. The molecule has 1 saturated heterocycles. The quantitative estimate of drug-likeness (QED) is 0.612. The van der Waals surface area contributed by atoms with Crippen LogP contribution in [0.15, 0.2) is 30.9 Å². The van der Waals surface area contributed by atoms with E-state index in [1.165, 1.54) is 31.9 Å². The van der Waals surface area contributed by atoms with Crippen molar-refractivity contribution in [3.05, 3.63) is 36.4 Å². The smallest absolute Gasteiger partial charge is 0.336 e. The van der Waals surface area contributed by atoms with Crippen molar-refractivity contribution in [2.75, 3.05) is 6.54 Å². The van der Waals surface area contributed by atoms with Crippen LogP contribution >= 0.6 is 0 Å². The summed E-state index contributed by atoms with van der Waals surface area (Å²) in [5.41, 5.74) is -0.921. The van der Waals surface area contributed by atoms with Crippen LogP contribution in [0.5, 0.6) is 0 Å². The molecule has 0 radical (unpaired) electrons. The zero-order valence-electron chi connectivity index (χ0n) is 21.6. The van der Waals surface area contributed by atoms with E-state index in [-0.39, 0.29) is 23.8 Å². The molecule has 4 rings (SSSR count). The number of halogens is 3. The van der Waals surface area contributed by atoms with Crippen molar-refractivity contribution >= 4 is 28.5 Å². The average molecular weight is 531 g/mol. The lowest BCUT2D eigenvalue weighted by Crippen LogP contribution is -2.60. The molecular formula is C26H29F3N6O3. The number of fused-ring (bicyclic) bond motifs is 2. The predicted octanol–water partition coefficient (Wildman–Crippen LogP) is 2.89. The van der Waals surface area contributed by atoms with Crippen LogP contribution < -0.4 is 10.6 Å². The van der Waals surface area contributed by atoms with Crippen LogP contribution in [-0.2, 0) is 14.4 Å². The molecule has 1 aliphatic carbocycles. The first-order valence-corrected chi connectivity index (χ1v) is 12.1. The molecule has 0 bridgehead atoms. The third kappa shape index (κ3) is 4.77. The third-order valence-corrected chi connectivity index (χ3v) is 7.73. The molecule has 1 aliphatic heterocycles. The molecule has 2 fully saturated rings. The van der Waals surface area contributed by atoms with Crippen molar-refractivity contribution in [1.29, 1.82) is 5.26 Å². The zero-order chi connectivity index (χ0) is 28.2. The standard InChI is InChI=1S/C26H29F3N6O3/c1-24(2,3)20(34-23(38)26(27,28)29)22(37)35-12-16-18(25(16,4)5)19(35)21(36)33-17(8-30)15-11-32-9-13-6-7-31-10-14(13)15/h6-7,9-11,16-20H,12H2,1-5H3,(H,33,36)(H,34,38). The fraction of sp³-hybridized carbons (Fsp3) is 0.538. The van der Waals surface area contributed by atoms with Gasteiger partial charge in [0.05, 0.1) is 6.07 Å². The Labute approximate surface area is 217 Å². The average Bonchev–Trinajstić information content (AvgIpc) is 3.16. The molecule has 5 atom stereocenters. The van der Waals surface area contributed by atoms with Gasteiger partial charge in [0.1, 0.15) is 18.1 Å². The number of amides is 3. The van der Waals surface area contributed by atoms with Gasteiger partial charge < -0.3 is 15.5 Å². The van der Waals surface area contributed by atoms with Gasteiger partial charge in [-0.25, -0.2) is 0 Å². The molecular weight excluding hydrogens is 501 g/mol. The summed E-state index contributed by atoms with van der Waals surface area (Å²) >= 11 is 0. The van der Waals surface area contributed by atoms with Gasteiger partial charge >= 0.3 is 12.1 Å². The number of pyridine rings is 2. The maximum atomic E-state index is 13.7. The zero-order valence-corrected chi connectivity index (χ0v) is 21.6. The Morgan fingerprint density at radius 3 is 2.42 bits per heavy atom. The number of rotatable bonds is 5. The molecule has 2 aromatic heterocycles. The van der Waals surface area contributed by atoms with Gasteiger partial charge in [-0.2, -0.15) is 18.4 Å². The van der Waals surface area contributed by atoms with Gasteiger partial charge in [-0.3, -0.25) is 24.4 Å². The Hall–Kier alpha value is -3.75. The second-order valence-electron chi connectivity index (χ2n) is 11.6. The summed E-state index contributed by atoms with van der Waals surface area (Å²) in [6.45, 7) is 8.68. The molecule has 3 heterocycles. The minimum atomic E-state index is -5.17. The van der Waals surface area contributed by atoms with E-state index in [9.17, 15) is 32.8 Å². The van der Waals surface area contributed by atoms with Gasteiger partial charge in [-0.15, -0.1) is 0 Å². The molecule has 9 nitrogen and oxygen atoms in total. The topological polar surface area (TPSA) is 128 Å². The molecule has 2 aliphatic rings.